The Labute approximate surface area is 364 Å². The molecule has 0 spiro atoms. The highest BCUT2D eigenvalue weighted by molar-refractivity contribution is 5.96. The standard InChI is InChI=1S/C48H62N6O8/c1-9-53-39-17-16-31-25-35(39)36(43(53)34-13-10-18-49-41(34)29(4)60-8)26-48(5,6)27-62-47(59)37-14-11-19-54(51-37)45(57)38(23-30-21-32(31)24-33(55)22-30)50-44(56)42(28(2)3)52(7)46(58)40-15-12-20-61-40/h10,13,16-18,21-22,24-25,28-29,37-38,40,42,51,55H,9,11-12,14-15,19-20,23,26-27H2,1-8H3,(H,50,56)/t29-,37-,38-,40+,42-/m0/s1. The Balaban J connectivity index is 1.35. The number of methoxy groups -OCH3 is 1. The van der Waals surface area contributed by atoms with E-state index in [1.807, 2.05) is 39.0 Å². The Hall–Kier alpha value is -5.31. The lowest BCUT2D eigenvalue weighted by Gasteiger charge is -2.37. The number of amides is 3. The van der Waals surface area contributed by atoms with Gasteiger partial charge in [0.05, 0.1) is 24.1 Å². The van der Waals surface area contributed by atoms with E-state index in [2.05, 4.69) is 54.3 Å². The molecule has 2 fully saturated rings. The van der Waals surface area contributed by atoms with Crippen LogP contribution in [0.1, 0.15) is 90.2 Å². The van der Waals surface area contributed by atoms with Gasteiger partial charge in [0.15, 0.2) is 0 Å². The van der Waals surface area contributed by atoms with Gasteiger partial charge in [0.1, 0.15) is 30.0 Å². The van der Waals surface area contributed by atoms with Crippen molar-refractivity contribution in [2.24, 2.45) is 11.3 Å². The number of fused-ring (bicyclic) bond motifs is 6. The maximum Gasteiger partial charge on any atom is 0.324 e. The predicted octanol–water partition coefficient (Wildman–Crippen LogP) is 6.11. The summed E-state index contributed by atoms with van der Waals surface area (Å²) in [6.07, 6.45) is 3.80. The number of benzene rings is 2. The zero-order valence-electron chi connectivity index (χ0n) is 37.3. The number of esters is 1. The number of aromatic hydroxyl groups is 1. The van der Waals surface area contributed by atoms with Crippen molar-refractivity contribution in [1.29, 1.82) is 0 Å². The molecule has 0 unspecified atom stereocenters. The van der Waals surface area contributed by atoms with Gasteiger partial charge in [-0.25, -0.2) is 5.43 Å². The zero-order chi connectivity index (χ0) is 44.5. The van der Waals surface area contributed by atoms with Gasteiger partial charge in [-0.3, -0.25) is 29.2 Å². The Morgan fingerprint density at radius 3 is 2.58 bits per heavy atom. The molecule has 3 aliphatic heterocycles. The molecule has 3 amide bonds. The van der Waals surface area contributed by atoms with E-state index in [9.17, 15) is 24.3 Å². The summed E-state index contributed by atoms with van der Waals surface area (Å²) in [7, 11) is 3.27. The van der Waals surface area contributed by atoms with Crippen LogP contribution in [-0.2, 0) is 52.8 Å². The van der Waals surface area contributed by atoms with E-state index < -0.39 is 47.4 Å². The second-order valence-corrected chi connectivity index (χ2v) is 18.2. The molecule has 3 N–H and O–H groups in total. The summed E-state index contributed by atoms with van der Waals surface area (Å²) in [6.45, 7) is 13.6. The van der Waals surface area contributed by atoms with Crippen molar-refractivity contribution >= 4 is 34.6 Å². The quantitative estimate of drug-likeness (QED) is 0.167. The second-order valence-electron chi connectivity index (χ2n) is 18.2. The van der Waals surface area contributed by atoms with Crippen molar-refractivity contribution in [2.45, 2.75) is 117 Å². The third-order valence-corrected chi connectivity index (χ3v) is 12.5. The number of hydrogen-bond donors (Lipinski definition) is 3. The highest BCUT2D eigenvalue weighted by Gasteiger charge is 2.39. The smallest absolute Gasteiger partial charge is 0.324 e. The molecule has 5 atom stereocenters. The third kappa shape index (κ3) is 9.23. The highest BCUT2D eigenvalue weighted by atomic mass is 16.5. The number of hydrogen-bond acceptors (Lipinski definition) is 10. The van der Waals surface area contributed by atoms with Crippen LogP contribution in [0, 0.1) is 11.3 Å². The first kappa shape index (κ1) is 44.7. The molecule has 6 bridgehead atoms. The summed E-state index contributed by atoms with van der Waals surface area (Å²) in [5, 5.41) is 16.7. The fraction of sp³-hybridized carbons (Fsp3) is 0.521. The van der Waals surface area contributed by atoms with Crippen molar-refractivity contribution in [3.63, 3.8) is 0 Å². The molecule has 0 aliphatic carbocycles. The highest BCUT2D eigenvalue weighted by Crippen LogP contribution is 2.42. The number of phenols is 1. The molecule has 14 heteroatoms. The topological polar surface area (TPSA) is 165 Å². The lowest BCUT2D eigenvalue weighted by atomic mass is 9.84. The maximum absolute atomic E-state index is 14.6. The molecule has 2 aromatic carbocycles. The number of carbonyl (C=O) groups excluding carboxylic acids is 4. The minimum absolute atomic E-state index is 0.00659. The number of nitrogens with one attached hydrogen (secondary N) is 2. The van der Waals surface area contributed by atoms with Crippen LogP contribution in [0.2, 0.25) is 0 Å². The Kier molecular flexibility index (Phi) is 13.4. The van der Waals surface area contributed by atoms with E-state index in [1.165, 1.54) is 9.91 Å². The number of likely N-dealkylation sites (N-methyl/N-ethyl adjacent to an activating group) is 1. The van der Waals surface area contributed by atoms with Crippen LogP contribution in [-0.4, -0.2) is 106 Å². The van der Waals surface area contributed by atoms with E-state index in [1.54, 1.807) is 32.5 Å². The van der Waals surface area contributed by atoms with Gasteiger partial charge < -0.3 is 34.1 Å². The second kappa shape index (κ2) is 18.6. The minimum Gasteiger partial charge on any atom is -0.508 e. The van der Waals surface area contributed by atoms with Crippen molar-refractivity contribution in [3.05, 3.63) is 71.5 Å². The van der Waals surface area contributed by atoms with Crippen LogP contribution in [0.15, 0.2) is 54.7 Å². The SMILES string of the molecule is CCn1c(-c2cccnc2[C@H](C)OC)c2c3cc(ccc31)-c1cc(O)cc(c1)C[C@H](NC(=O)[C@H](C(C)C)N(C)C(=O)[C@H]1CCCO1)C(=O)N1CCC[C@H](N1)C(=O)OCC(C)(C)C2. The average molecular weight is 851 g/mol. The Morgan fingerprint density at radius 2 is 1.87 bits per heavy atom. The number of hydrazine groups is 1. The molecule has 3 aliphatic rings. The number of ether oxygens (including phenoxy) is 3. The zero-order valence-corrected chi connectivity index (χ0v) is 37.3. The van der Waals surface area contributed by atoms with Gasteiger partial charge in [-0.05, 0) is 111 Å². The molecule has 0 saturated carbocycles. The first-order valence-electron chi connectivity index (χ1n) is 22.0. The van der Waals surface area contributed by atoms with Gasteiger partial charge in [0.25, 0.3) is 11.8 Å². The van der Waals surface area contributed by atoms with Gasteiger partial charge in [0.2, 0.25) is 5.91 Å². The van der Waals surface area contributed by atoms with Crippen LogP contribution in [0.25, 0.3) is 33.3 Å². The lowest BCUT2D eigenvalue weighted by Crippen LogP contribution is -2.62. The van der Waals surface area contributed by atoms with Crippen LogP contribution >= 0.6 is 0 Å². The van der Waals surface area contributed by atoms with E-state index >= 15 is 0 Å². The van der Waals surface area contributed by atoms with Crippen LogP contribution in [0.4, 0.5) is 0 Å². The average Bonchev–Trinajstić information content (AvgIpc) is 3.90. The molecule has 5 heterocycles. The van der Waals surface area contributed by atoms with E-state index in [0.29, 0.717) is 50.9 Å². The van der Waals surface area contributed by atoms with Crippen molar-refractivity contribution in [2.75, 3.05) is 33.9 Å². The number of aryl methyl sites for hydroxylation is 1. The third-order valence-electron chi connectivity index (χ3n) is 12.5. The molecule has 2 aromatic heterocycles. The summed E-state index contributed by atoms with van der Waals surface area (Å²) in [4.78, 5) is 62.5. The number of pyridine rings is 1. The molecule has 2 saturated heterocycles. The molecule has 7 rings (SSSR count). The molecule has 0 radical (unpaired) electrons. The summed E-state index contributed by atoms with van der Waals surface area (Å²) in [5.74, 6) is -1.97. The Bertz CT molecular complexity index is 2320. The minimum atomic E-state index is -1.12. The summed E-state index contributed by atoms with van der Waals surface area (Å²) >= 11 is 0. The van der Waals surface area contributed by atoms with Crippen molar-refractivity contribution in [1.82, 2.24) is 30.2 Å². The molecule has 14 nitrogen and oxygen atoms in total. The van der Waals surface area contributed by atoms with Crippen molar-refractivity contribution < 1.29 is 38.5 Å². The molecule has 4 aromatic rings. The molecular formula is C48H62N6O8. The van der Waals surface area contributed by atoms with Crippen molar-refractivity contribution in [3.8, 4) is 28.1 Å². The number of rotatable bonds is 9. The summed E-state index contributed by atoms with van der Waals surface area (Å²) < 4.78 is 19.9. The van der Waals surface area contributed by atoms with Gasteiger partial charge in [-0.2, -0.15) is 0 Å². The fourth-order valence-electron chi connectivity index (χ4n) is 9.39. The van der Waals surface area contributed by atoms with Gasteiger partial charge in [0, 0.05) is 68.4 Å². The Morgan fingerprint density at radius 1 is 1.08 bits per heavy atom. The van der Waals surface area contributed by atoms with Crippen LogP contribution in [0.5, 0.6) is 5.75 Å². The van der Waals surface area contributed by atoms with Crippen LogP contribution in [0.3, 0.4) is 0 Å². The first-order chi connectivity index (χ1) is 29.6. The van der Waals surface area contributed by atoms with E-state index in [0.717, 1.165) is 51.0 Å². The molecule has 62 heavy (non-hydrogen) atoms. The molecule has 332 valence electrons. The van der Waals surface area contributed by atoms with Gasteiger partial charge in [-0.15, -0.1) is 0 Å². The summed E-state index contributed by atoms with van der Waals surface area (Å²) in [5.41, 5.74) is 9.66. The largest absolute Gasteiger partial charge is 0.508 e. The fourth-order valence-corrected chi connectivity index (χ4v) is 9.39. The van der Waals surface area contributed by atoms with Crippen LogP contribution < -0.4 is 10.7 Å². The number of nitrogens with zero attached hydrogens (tertiary/aromatic N) is 4. The number of aromatic nitrogens is 2. The lowest BCUT2D eigenvalue weighted by molar-refractivity contribution is -0.155. The number of cyclic esters (lactones) is 1. The number of phenolic OH excluding ortho intramolecular Hbond substituents is 1. The summed E-state index contributed by atoms with van der Waals surface area (Å²) in [6, 6.07) is 12.7. The first-order valence-corrected chi connectivity index (χ1v) is 22.0. The van der Waals surface area contributed by atoms with E-state index in [4.69, 9.17) is 19.2 Å². The monoisotopic (exact) mass is 850 g/mol. The van der Waals surface area contributed by atoms with Gasteiger partial charge >= 0.3 is 5.97 Å². The molecular weight excluding hydrogens is 789 g/mol. The maximum atomic E-state index is 14.6. The number of carbonyl (C=O) groups is 4. The normalized spacial score (nSPS) is 21.6. The van der Waals surface area contributed by atoms with Gasteiger partial charge in [-0.1, -0.05) is 39.8 Å². The predicted molar refractivity (Wildman–Crippen MR) is 236 cm³/mol. The van der Waals surface area contributed by atoms with E-state index in [-0.39, 0.29) is 36.7 Å².